The van der Waals surface area contributed by atoms with Crippen LogP contribution in [0, 0.1) is 6.92 Å². The lowest BCUT2D eigenvalue weighted by molar-refractivity contribution is 0.305. The highest BCUT2D eigenvalue weighted by Gasteiger charge is 2.19. The summed E-state index contributed by atoms with van der Waals surface area (Å²) in [6, 6.07) is 2.65. The normalized spacial score (nSPS) is 14.4. The first-order chi connectivity index (χ1) is 9.28. The van der Waals surface area contributed by atoms with Crippen molar-refractivity contribution in [1.82, 2.24) is 15.3 Å². The second-order valence-corrected chi connectivity index (χ2v) is 5.03. The van der Waals surface area contributed by atoms with Crippen LogP contribution >= 0.6 is 0 Å². The van der Waals surface area contributed by atoms with E-state index in [0.717, 1.165) is 37.7 Å². The smallest absolute Gasteiger partial charge is 0.226 e. The SMILES string of the molecule is CCCOc1cc(C)nc(NCCCNC2CC2)n1. The fourth-order valence-electron chi connectivity index (χ4n) is 1.78. The molecule has 1 fully saturated rings. The van der Waals surface area contributed by atoms with Crippen LogP contribution in [0.15, 0.2) is 6.07 Å². The largest absolute Gasteiger partial charge is 0.478 e. The van der Waals surface area contributed by atoms with Gasteiger partial charge in [-0.2, -0.15) is 4.98 Å². The van der Waals surface area contributed by atoms with Crippen LogP contribution in [-0.2, 0) is 0 Å². The molecule has 0 bridgehead atoms. The van der Waals surface area contributed by atoms with Crippen molar-refractivity contribution in [3.63, 3.8) is 0 Å². The molecule has 1 saturated carbocycles. The van der Waals surface area contributed by atoms with E-state index in [1.807, 2.05) is 13.0 Å². The van der Waals surface area contributed by atoms with Crippen LogP contribution in [0.25, 0.3) is 0 Å². The number of ether oxygens (including phenoxy) is 1. The Hall–Kier alpha value is -1.36. The number of anilines is 1. The van der Waals surface area contributed by atoms with Crippen molar-refractivity contribution in [3.8, 4) is 5.88 Å². The van der Waals surface area contributed by atoms with Gasteiger partial charge in [-0.25, -0.2) is 4.98 Å². The Morgan fingerprint density at radius 1 is 1.32 bits per heavy atom. The average molecular weight is 264 g/mol. The van der Waals surface area contributed by atoms with Crippen molar-refractivity contribution in [1.29, 1.82) is 0 Å². The van der Waals surface area contributed by atoms with Gasteiger partial charge in [-0.05, 0) is 39.2 Å². The molecule has 1 aliphatic rings. The lowest BCUT2D eigenvalue weighted by Crippen LogP contribution is -2.20. The van der Waals surface area contributed by atoms with Crippen LogP contribution in [0.4, 0.5) is 5.95 Å². The molecular formula is C14H24N4O. The van der Waals surface area contributed by atoms with Gasteiger partial charge in [-0.15, -0.1) is 0 Å². The molecule has 1 aromatic heterocycles. The maximum absolute atomic E-state index is 5.54. The second kappa shape index (κ2) is 7.28. The van der Waals surface area contributed by atoms with Gasteiger partial charge in [-0.3, -0.25) is 0 Å². The zero-order valence-electron chi connectivity index (χ0n) is 11.9. The van der Waals surface area contributed by atoms with Gasteiger partial charge in [0.2, 0.25) is 11.8 Å². The third-order valence-corrected chi connectivity index (χ3v) is 2.93. The molecule has 1 aromatic rings. The minimum Gasteiger partial charge on any atom is -0.478 e. The highest BCUT2D eigenvalue weighted by atomic mass is 16.5. The van der Waals surface area contributed by atoms with Crippen LogP contribution in [0.3, 0.4) is 0 Å². The van der Waals surface area contributed by atoms with Crippen LogP contribution in [0.5, 0.6) is 5.88 Å². The molecule has 1 aliphatic carbocycles. The highest BCUT2D eigenvalue weighted by Crippen LogP contribution is 2.18. The van der Waals surface area contributed by atoms with Gasteiger partial charge < -0.3 is 15.4 Å². The molecule has 0 saturated heterocycles. The molecule has 2 N–H and O–H groups in total. The number of rotatable bonds is 9. The van der Waals surface area contributed by atoms with E-state index in [1.54, 1.807) is 0 Å². The highest BCUT2D eigenvalue weighted by molar-refractivity contribution is 5.30. The van der Waals surface area contributed by atoms with Crippen LogP contribution in [0.1, 0.15) is 38.3 Å². The standard InChI is InChI=1S/C14H24N4O/c1-3-9-19-13-10-11(2)17-14(18-13)16-8-4-7-15-12-5-6-12/h10,12,15H,3-9H2,1-2H3,(H,16,17,18). The molecule has 5 heteroatoms. The number of nitrogens with one attached hydrogen (secondary N) is 2. The zero-order chi connectivity index (χ0) is 13.5. The van der Waals surface area contributed by atoms with Crippen LogP contribution in [0.2, 0.25) is 0 Å². The molecule has 1 heterocycles. The van der Waals surface area contributed by atoms with Gasteiger partial charge in [-0.1, -0.05) is 6.92 Å². The number of hydrogen-bond donors (Lipinski definition) is 2. The van der Waals surface area contributed by atoms with Gasteiger partial charge >= 0.3 is 0 Å². The molecule has 0 amide bonds. The van der Waals surface area contributed by atoms with E-state index < -0.39 is 0 Å². The molecule has 0 radical (unpaired) electrons. The van der Waals surface area contributed by atoms with E-state index >= 15 is 0 Å². The fraction of sp³-hybridized carbons (Fsp3) is 0.714. The summed E-state index contributed by atoms with van der Waals surface area (Å²) in [5, 5.41) is 6.74. The van der Waals surface area contributed by atoms with Crippen molar-refractivity contribution in [2.45, 2.75) is 45.6 Å². The molecule has 106 valence electrons. The molecule has 0 atom stereocenters. The summed E-state index contributed by atoms with van der Waals surface area (Å²) in [6.45, 7) is 6.68. The Labute approximate surface area is 115 Å². The maximum Gasteiger partial charge on any atom is 0.226 e. The number of hydrogen-bond acceptors (Lipinski definition) is 5. The van der Waals surface area contributed by atoms with Crippen molar-refractivity contribution in [3.05, 3.63) is 11.8 Å². The summed E-state index contributed by atoms with van der Waals surface area (Å²) >= 11 is 0. The van der Waals surface area contributed by atoms with Gasteiger partial charge in [0.05, 0.1) is 6.61 Å². The molecule has 5 nitrogen and oxygen atoms in total. The number of aromatic nitrogens is 2. The second-order valence-electron chi connectivity index (χ2n) is 5.03. The van der Waals surface area contributed by atoms with E-state index in [2.05, 4.69) is 27.5 Å². The van der Waals surface area contributed by atoms with Gasteiger partial charge in [0.25, 0.3) is 0 Å². The van der Waals surface area contributed by atoms with E-state index in [1.165, 1.54) is 12.8 Å². The molecule has 19 heavy (non-hydrogen) atoms. The fourth-order valence-corrected chi connectivity index (χ4v) is 1.78. The minimum atomic E-state index is 0.660. The maximum atomic E-state index is 5.54. The van der Waals surface area contributed by atoms with Crippen molar-refractivity contribution >= 4 is 5.95 Å². The van der Waals surface area contributed by atoms with Crippen molar-refractivity contribution in [2.75, 3.05) is 25.0 Å². The minimum absolute atomic E-state index is 0.660. The van der Waals surface area contributed by atoms with Crippen LogP contribution in [-0.4, -0.2) is 35.7 Å². The van der Waals surface area contributed by atoms with E-state index in [0.29, 0.717) is 18.4 Å². The lowest BCUT2D eigenvalue weighted by Gasteiger charge is -2.09. The van der Waals surface area contributed by atoms with E-state index in [4.69, 9.17) is 4.74 Å². The summed E-state index contributed by atoms with van der Waals surface area (Å²) < 4.78 is 5.54. The predicted molar refractivity (Wildman–Crippen MR) is 76.7 cm³/mol. The number of nitrogens with zero attached hydrogens (tertiary/aromatic N) is 2. The first-order valence-electron chi connectivity index (χ1n) is 7.23. The van der Waals surface area contributed by atoms with Gasteiger partial charge in [0.15, 0.2) is 0 Å². The first-order valence-corrected chi connectivity index (χ1v) is 7.23. The Kier molecular flexibility index (Phi) is 5.39. The molecular weight excluding hydrogens is 240 g/mol. The van der Waals surface area contributed by atoms with E-state index in [9.17, 15) is 0 Å². The van der Waals surface area contributed by atoms with Crippen molar-refractivity contribution in [2.24, 2.45) is 0 Å². The Balaban J connectivity index is 1.72. The third kappa shape index (κ3) is 5.42. The summed E-state index contributed by atoms with van der Waals surface area (Å²) in [4.78, 5) is 8.72. The van der Waals surface area contributed by atoms with Crippen molar-refractivity contribution < 1.29 is 4.74 Å². The molecule has 0 aromatic carbocycles. The molecule has 0 unspecified atom stereocenters. The lowest BCUT2D eigenvalue weighted by atomic mass is 10.4. The molecule has 0 aliphatic heterocycles. The van der Waals surface area contributed by atoms with Gasteiger partial charge in [0.1, 0.15) is 0 Å². The summed E-state index contributed by atoms with van der Waals surface area (Å²) in [5.74, 6) is 1.32. The van der Waals surface area contributed by atoms with E-state index in [-0.39, 0.29) is 0 Å². The van der Waals surface area contributed by atoms with Gasteiger partial charge in [0, 0.05) is 24.3 Å². The molecule has 0 spiro atoms. The average Bonchev–Trinajstić information content (AvgIpc) is 3.19. The quantitative estimate of drug-likeness (QED) is 0.669. The summed E-state index contributed by atoms with van der Waals surface area (Å²) in [7, 11) is 0. The Bertz CT molecular complexity index is 393. The molecule has 2 rings (SSSR count). The predicted octanol–water partition coefficient (Wildman–Crippen LogP) is 2.13. The first kappa shape index (κ1) is 14.1. The monoisotopic (exact) mass is 264 g/mol. The summed E-state index contributed by atoms with van der Waals surface area (Å²) in [5.41, 5.74) is 0.930. The Morgan fingerprint density at radius 3 is 2.89 bits per heavy atom. The Morgan fingerprint density at radius 2 is 2.16 bits per heavy atom. The zero-order valence-corrected chi connectivity index (χ0v) is 11.9. The van der Waals surface area contributed by atoms with Crippen LogP contribution < -0.4 is 15.4 Å². The topological polar surface area (TPSA) is 59.1 Å². The number of aryl methyl sites for hydroxylation is 1. The third-order valence-electron chi connectivity index (χ3n) is 2.93. The summed E-state index contributed by atoms with van der Waals surface area (Å²) in [6.07, 6.45) is 4.75.